The SMILES string of the molecule is c1noc(-c2ccc3c(c2)CCN3)n1. The Morgan fingerprint density at radius 3 is 3.21 bits per heavy atom. The lowest BCUT2D eigenvalue weighted by atomic mass is 10.1. The molecule has 1 aliphatic heterocycles. The lowest BCUT2D eigenvalue weighted by Crippen LogP contribution is -1.90. The van der Waals surface area contributed by atoms with Crippen LogP contribution in [-0.2, 0) is 6.42 Å². The van der Waals surface area contributed by atoms with E-state index in [1.165, 1.54) is 17.6 Å². The molecule has 0 saturated carbocycles. The Bertz CT molecular complexity index is 450. The molecule has 0 amide bonds. The summed E-state index contributed by atoms with van der Waals surface area (Å²) in [6.07, 6.45) is 2.48. The van der Waals surface area contributed by atoms with E-state index >= 15 is 0 Å². The molecule has 1 aliphatic rings. The van der Waals surface area contributed by atoms with Crippen molar-refractivity contribution in [1.82, 2.24) is 10.1 Å². The number of nitrogens with one attached hydrogen (secondary N) is 1. The van der Waals surface area contributed by atoms with Crippen molar-refractivity contribution < 1.29 is 4.52 Å². The van der Waals surface area contributed by atoms with Crippen molar-refractivity contribution in [3.8, 4) is 11.5 Å². The van der Waals surface area contributed by atoms with Crippen LogP contribution in [0.3, 0.4) is 0 Å². The van der Waals surface area contributed by atoms with Gasteiger partial charge in [0.1, 0.15) is 0 Å². The molecule has 0 saturated heterocycles. The molecule has 2 aromatic rings. The summed E-state index contributed by atoms with van der Waals surface area (Å²) in [5.41, 5.74) is 3.53. The Morgan fingerprint density at radius 2 is 2.36 bits per heavy atom. The smallest absolute Gasteiger partial charge is 0.257 e. The standard InChI is InChI=1S/C10H9N3O/c1-2-9-7(3-4-11-9)5-8(1)10-12-6-13-14-10/h1-2,5-6,11H,3-4H2. The lowest BCUT2D eigenvalue weighted by molar-refractivity contribution is 0.430. The number of fused-ring (bicyclic) bond motifs is 1. The minimum absolute atomic E-state index is 0.583. The van der Waals surface area contributed by atoms with Gasteiger partial charge in [-0.25, -0.2) is 0 Å². The number of nitrogens with zero attached hydrogens (tertiary/aromatic N) is 2. The van der Waals surface area contributed by atoms with E-state index in [1.807, 2.05) is 6.07 Å². The molecule has 3 rings (SSSR count). The molecule has 0 radical (unpaired) electrons. The zero-order chi connectivity index (χ0) is 9.38. The zero-order valence-electron chi connectivity index (χ0n) is 7.53. The predicted octanol–water partition coefficient (Wildman–Crippen LogP) is 1.70. The highest BCUT2D eigenvalue weighted by atomic mass is 16.5. The van der Waals surface area contributed by atoms with Crippen LogP contribution >= 0.6 is 0 Å². The Morgan fingerprint density at radius 1 is 1.36 bits per heavy atom. The van der Waals surface area contributed by atoms with Crippen LogP contribution in [0.4, 0.5) is 5.69 Å². The maximum Gasteiger partial charge on any atom is 0.257 e. The highest BCUT2D eigenvalue weighted by Gasteiger charge is 2.12. The number of hydrogen-bond donors (Lipinski definition) is 1. The number of anilines is 1. The average molecular weight is 187 g/mol. The van der Waals surface area contributed by atoms with Crippen LogP contribution in [0.15, 0.2) is 29.0 Å². The van der Waals surface area contributed by atoms with Gasteiger partial charge in [0.15, 0.2) is 6.33 Å². The zero-order valence-corrected chi connectivity index (χ0v) is 7.53. The molecular formula is C10H9N3O. The molecule has 70 valence electrons. The first-order valence-electron chi connectivity index (χ1n) is 4.57. The summed E-state index contributed by atoms with van der Waals surface area (Å²) in [4.78, 5) is 4.01. The second kappa shape index (κ2) is 2.83. The highest BCUT2D eigenvalue weighted by Crippen LogP contribution is 2.27. The van der Waals surface area contributed by atoms with Crippen LogP contribution in [0.5, 0.6) is 0 Å². The summed E-state index contributed by atoms with van der Waals surface area (Å²) in [6, 6.07) is 6.15. The van der Waals surface area contributed by atoms with E-state index in [9.17, 15) is 0 Å². The summed E-state index contributed by atoms with van der Waals surface area (Å²) in [6.45, 7) is 1.02. The molecule has 0 bridgehead atoms. The fourth-order valence-electron chi connectivity index (χ4n) is 1.74. The molecule has 14 heavy (non-hydrogen) atoms. The topological polar surface area (TPSA) is 51.0 Å². The van der Waals surface area contributed by atoms with Gasteiger partial charge in [-0.3, -0.25) is 0 Å². The average Bonchev–Trinajstić information content (AvgIpc) is 2.88. The van der Waals surface area contributed by atoms with Gasteiger partial charge in [0.2, 0.25) is 0 Å². The van der Waals surface area contributed by atoms with Crippen LogP contribution in [0.25, 0.3) is 11.5 Å². The van der Waals surface area contributed by atoms with Gasteiger partial charge < -0.3 is 9.84 Å². The van der Waals surface area contributed by atoms with E-state index in [1.54, 1.807) is 0 Å². The molecule has 0 spiro atoms. The van der Waals surface area contributed by atoms with Gasteiger partial charge in [-0.15, -0.1) is 0 Å². The van der Waals surface area contributed by atoms with Crippen molar-refractivity contribution in [2.24, 2.45) is 0 Å². The van der Waals surface area contributed by atoms with E-state index in [0.717, 1.165) is 18.5 Å². The van der Waals surface area contributed by atoms with Crippen LogP contribution in [0.2, 0.25) is 0 Å². The van der Waals surface area contributed by atoms with Crippen molar-refractivity contribution in [2.45, 2.75) is 6.42 Å². The fraction of sp³-hybridized carbons (Fsp3) is 0.200. The summed E-state index contributed by atoms with van der Waals surface area (Å²) in [5.74, 6) is 0.583. The van der Waals surface area contributed by atoms with Gasteiger partial charge in [-0.05, 0) is 30.2 Å². The quantitative estimate of drug-likeness (QED) is 0.738. The maximum atomic E-state index is 5.00. The molecule has 0 aliphatic carbocycles. The molecule has 0 atom stereocenters. The van der Waals surface area contributed by atoms with Crippen LogP contribution in [0.1, 0.15) is 5.56 Å². The van der Waals surface area contributed by atoms with Crippen molar-refractivity contribution >= 4 is 5.69 Å². The Labute approximate surface area is 80.9 Å². The van der Waals surface area contributed by atoms with Gasteiger partial charge in [0, 0.05) is 17.8 Å². The van der Waals surface area contributed by atoms with Crippen molar-refractivity contribution in [3.63, 3.8) is 0 Å². The number of hydrogen-bond acceptors (Lipinski definition) is 4. The van der Waals surface area contributed by atoms with Crippen LogP contribution in [0, 0.1) is 0 Å². The van der Waals surface area contributed by atoms with E-state index in [0.29, 0.717) is 5.89 Å². The number of aromatic nitrogens is 2. The first-order valence-corrected chi connectivity index (χ1v) is 4.57. The monoisotopic (exact) mass is 187 g/mol. The Hall–Kier alpha value is -1.84. The number of benzene rings is 1. The summed E-state index contributed by atoms with van der Waals surface area (Å²) in [5, 5.41) is 6.90. The van der Waals surface area contributed by atoms with Crippen molar-refractivity contribution in [3.05, 3.63) is 30.1 Å². The normalized spacial score (nSPS) is 13.7. The minimum Gasteiger partial charge on any atom is -0.384 e. The van der Waals surface area contributed by atoms with Crippen molar-refractivity contribution in [2.75, 3.05) is 11.9 Å². The first-order chi connectivity index (χ1) is 6.93. The fourth-order valence-corrected chi connectivity index (χ4v) is 1.74. The molecule has 4 nitrogen and oxygen atoms in total. The molecule has 1 aromatic carbocycles. The van der Waals surface area contributed by atoms with Gasteiger partial charge in [0.05, 0.1) is 0 Å². The largest absolute Gasteiger partial charge is 0.384 e. The third-order valence-electron chi connectivity index (χ3n) is 2.42. The van der Waals surface area contributed by atoms with E-state index in [2.05, 4.69) is 27.6 Å². The van der Waals surface area contributed by atoms with Crippen molar-refractivity contribution in [1.29, 1.82) is 0 Å². The Kier molecular flexibility index (Phi) is 1.53. The molecule has 1 aromatic heterocycles. The van der Waals surface area contributed by atoms with Gasteiger partial charge >= 0.3 is 0 Å². The molecule has 4 heteroatoms. The first kappa shape index (κ1) is 7.55. The predicted molar refractivity (Wildman–Crippen MR) is 51.9 cm³/mol. The summed E-state index contributed by atoms with van der Waals surface area (Å²) < 4.78 is 5.00. The molecule has 1 N–H and O–H groups in total. The number of rotatable bonds is 1. The van der Waals surface area contributed by atoms with Gasteiger partial charge in [0.25, 0.3) is 5.89 Å². The highest BCUT2D eigenvalue weighted by molar-refractivity contribution is 5.64. The maximum absolute atomic E-state index is 5.00. The van der Waals surface area contributed by atoms with E-state index in [4.69, 9.17) is 4.52 Å². The molecule has 2 heterocycles. The molecule has 0 fully saturated rings. The summed E-state index contributed by atoms with van der Waals surface area (Å²) in [7, 11) is 0. The lowest BCUT2D eigenvalue weighted by Gasteiger charge is -2.00. The Balaban J connectivity index is 2.09. The van der Waals surface area contributed by atoms with Gasteiger partial charge in [-0.2, -0.15) is 4.98 Å². The third-order valence-corrected chi connectivity index (χ3v) is 2.42. The molecule has 0 unspecified atom stereocenters. The second-order valence-corrected chi connectivity index (χ2v) is 3.30. The minimum atomic E-state index is 0.583. The van der Waals surface area contributed by atoms with E-state index < -0.39 is 0 Å². The van der Waals surface area contributed by atoms with Crippen LogP contribution in [-0.4, -0.2) is 16.7 Å². The van der Waals surface area contributed by atoms with Gasteiger partial charge in [-0.1, -0.05) is 5.16 Å². The summed E-state index contributed by atoms with van der Waals surface area (Å²) >= 11 is 0. The molecular weight excluding hydrogens is 178 g/mol. The van der Waals surface area contributed by atoms with E-state index in [-0.39, 0.29) is 0 Å². The second-order valence-electron chi connectivity index (χ2n) is 3.30. The third kappa shape index (κ3) is 1.08. The van der Waals surface area contributed by atoms with Crippen LogP contribution < -0.4 is 5.32 Å².